The molecule has 0 fully saturated rings. The summed E-state index contributed by atoms with van der Waals surface area (Å²) in [5, 5.41) is 9.58. The number of carbonyl (C=O) groups is 1. The van der Waals surface area contributed by atoms with Crippen molar-refractivity contribution in [3.05, 3.63) is 33.8 Å². The number of halogens is 2. The minimum absolute atomic E-state index is 0.236. The van der Waals surface area contributed by atoms with E-state index < -0.39 is 5.97 Å². The zero-order chi connectivity index (χ0) is 12.1. The lowest BCUT2D eigenvalue weighted by atomic mass is 10.1. The predicted octanol–water partition coefficient (Wildman–Crippen LogP) is 3.28. The van der Waals surface area contributed by atoms with Crippen LogP contribution >= 0.6 is 27.5 Å². The monoisotopic (exact) mass is 301 g/mol. The molecule has 0 saturated carbocycles. The van der Waals surface area contributed by atoms with Crippen molar-refractivity contribution in [2.75, 3.05) is 6.61 Å². The normalized spacial score (nSPS) is 9.62. The lowest BCUT2D eigenvalue weighted by Gasteiger charge is -2.07. The van der Waals surface area contributed by atoms with E-state index in [2.05, 4.69) is 15.9 Å². The fraction of sp³-hybridized carbons (Fsp3) is 0.273. The fourth-order valence-corrected chi connectivity index (χ4v) is 1.90. The Morgan fingerprint density at radius 1 is 1.62 bits per heavy atom. The van der Waals surface area contributed by atoms with Gasteiger partial charge in [-0.15, -0.1) is 0 Å². The fourth-order valence-electron chi connectivity index (χ4n) is 1.20. The molecule has 0 N–H and O–H groups in total. The van der Waals surface area contributed by atoms with Gasteiger partial charge in [0.25, 0.3) is 0 Å². The quantitative estimate of drug-likeness (QED) is 0.636. The van der Waals surface area contributed by atoms with Crippen LogP contribution in [0.25, 0.3) is 0 Å². The summed E-state index contributed by atoms with van der Waals surface area (Å²) in [7, 11) is 0. The molecule has 16 heavy (non-hydrogen) atoms. The van der Waals surface area contributed by atoms with Crippen LogP contribution < -0.4 is 0 Å². The summed E-state index contributed by atoms with van der Waals surface area (Å²) in [5.74, 6) is -0.473. The summed E-state index contributed by atoms with van der Waals surface area (Å²) in [6.07, 6.45) is 0. The van der Waals surface area contributed by atoms with E-state index in [4.69, 9.17) is 21.6 Å². The molecule has 1 aromatic carbocycles. The lowest BCUT2D eigenvalue weighted by molar-refractivity contribution is 0.0526. The van der Waals surface area contributed by atoms with E-state index in [0.29, 0.717) is 17.5 Å². The number of benzene rings is 1. The Kier molecular flexibility index (Phi) is 4.78. The van der Waals surface area contributed by atoms with Crippen molar-refractivity contribution in [3.63, 3.8) is 0 Å². The van der Waals surface area contributed by atoms with Gasteiger partial charge in [-0.05, 0) is 24.6 Å². The van der Waals surface area contributed by atoms with Crippen molar-refractivity contribution < 1.29 is 9.53 Å². The number of ether oxygens (including phenoxy) is 1. The minimum atomic E-state index is -0.473. The molecule has 0 amide bonds. The third-order valence-corrected chi connectivity index (χ3v) is 2.87. The number of esters is 1. The Balaban J connectivity index is 3.22. The maximum absolute atomic E-state index is 11.5. The zero-order valence-electron chi connectivity index (χ0n) is 8.59. The summed E-state index contributed by atoms with van der Waals surface area (Å²) < 4.78 is 4.86. The van der Waals surface area contributed by atoms with Gasteiger partial charge < -0.3 is 4.74 Å². The van der Waals surface area contributed by atoms with Gasteiger partial charge in [0.1, 0.15) is 0 Å². The van der Waals surface area contributed by atoms with Crippen LogP contribution in [0.15, 0.2) is 12.1 Å². The highest BCUT2D eigenvalue weighted by Gasteiger charge is 2.14. The van der Waals surface area contributed by atoms with E-state index in [0.717, 1.165) is 5.56 Å². The van der Waals surface area contributed by atoms with Gasteiger partial charge >= 0.3 is 5.97 Å². The third-order valence-electron chi connectivity index (χ3n) is 1.95. The Bertz CT molecular complexity index is 454. The Labute approximate surface area is 107 Å². The second-order valence-electron chi connectivity index (χ2n) is 2.96. The van der Waals surface area contributed by atoms with Crippen LogP contribution in [0.2, 0.25) is 5.02 Å². The third kappa shape index (κ3) is 2.75. The molecule has 3 nitrogen and oxygen atoms in total. The number of alkyl halides is 1. The number of nitrogens with zero attached hydrogens (tertiary/aromatic N) is 1. The summed E-state index contributed by atoms with van der Waals surface area (Å²) >= 11 is 9.15. The van der Waals surface area contributed by atoms with Crippen LogP contribution in [0.4, 0.5) is 0 Å². The molecule has 0 bridgehead atoms. The van der Waals surface area contributed by atoms with Crippen molar-refractivity contribution in [1.29, 1.82) is 5.26 Å². The van der Waals surface area contributed by atoms with E-state index in [1.807, 2.05) is 6.07 Å². The standard InChI is InChI=1S/C11H9BrClNO2/c1-2-16-11(15)9-3-7(5-12)8(6-14)4-10(9)13/h3-4H,2,5H2,1H3. The molecule has 0 aliphatic rings. The van der Waals surface area contributed by atoms with Gasteiger partial charge in [0, 0.05) is 5.33 Å². The molecular weight excluding hydrogens is 293 g/mol. The van der Waals surface area contributed by atoms with Crippen LogP contribution in [0.3, 0.4) is 0 Å². The molecule has 0 aliphatic carbocycles. The van der Waals surface area contributed by atoms with Crippen molar-refractivity contribution >= 4 is 33.5 Å². The first kappa shape index (κ1) is 13.0. The highest BCUT2D eigenvalue weighted by atomic mass is 79.9. The molecule has 0 saturated heterocycles. The number of hydrogen-bond donors (Lipinski definition) is 0. The maximum Gasteiger partial charge on any atom is 0.339 e. The summed E-state index contributed by atoms with van der Waals surface area (Å²) in [5.41, 5.74) is 1.46. The molecular formula is C11H9BrClNO2. The molecule has 84 valence electrons. The molecule has 5 heteroatoms. The van der Waals surface area contributed by atoms with Gasteiger partial charge in [-0.1, -0.05) is 27.5 Å². The highest BCUT2D eigenvalue weighted by Crippen LogP contribution is 2.23. The van der Waals surface area contributed by atoms with E-state index in [9.17, 15) is 4.79 Å². The van der Waals surface area contributed by atoms with Gasteiger partial charge in [-0.2, -0.15) is 5.26 Å². The van der Waals surface area contributed by atoms with E-state index in [-0.39, 0.29) is 10.6 Å². The lowest BCUT2D eigenvalue weighted by Crippen LogP contribution is -2.06. The van der Waals surface area contributed by atoms with Crippen molar-refractivity contribution in [1.82, 2.24) is 0 Å². The highest BCUT2D eigenvalue weighted by molar-refractivity contribution is 9.08. The largest absolute Gasteiger partial charge is 0.462 e. The van der Waals surface area contributed by atoms with Crippen LogP contribution in [0, 0.1) is 11.3 Å². The van der Waals surface area contributed by atoms with Crippen LogP contribution in [0.5, 0.6) is 0 Å². The molecule has 0 unspecified atom stereocenters. The average Bonchev–Trinajstić information content (AvgIpc) is 2.28. The SMILES string of the molecule is CCOC(=O)c1cc(CBr)c(C#N)cc1Cl. The zero-order valence-corrected chi connectivity index (χ0v) is 10.9. The van der Waals surface area contributed by atoms with E-state index in [1.165, 1.54) is 6.07 Å². The van der Waals surface area contributed by atoms with E-state index in [1.54, 1.807) is 13.0 Å². The molecule has 0 heterocycles. The molecule has 1 aromatic rings. The average molecular weight is 303 g/mol. The topological polar surface area (TPSA) is 50.1 Å². The number of nitriles is 1. The maximum atomic E-state index is 11.5. The van der Waals surface area contributed by atoms with Gasteiger partial charge in [-0.3, -0.25) is 0 Å². The first-order chi connectivity index (χ1) is 7.63. The smallest absolute Gasteiger partial charge is 0.339 e. The Hall–Kier alpha value is -1.05. The summed E-state index contributed by atoms with van der Waals surface area (Å²) in [6.45, 7) is 2.01. The number of carbonyl (C=O) groups excluding carboxylic acids is 1. The van der Waals surface area contributed by atoms with Gasteiger partial charge in [0.05, 0.1) is 28.8 Å². The Morgan fingerprint density at radius 3 is 2.81 bits per heavy atom. The van der Waals surface area contributed by atoms with Crippen LogP contribution in [0.1, 0.15) is 28.4 Å². The minimum Gasteiger partial charge on any atom is -0.462 e. The van der Waals surface area contributed by atoms with E-state index >= 15 is 0 Å². The molecule has 0 radical (unpaired) electrons. The molecule has 0 aromatic heterocycles. The van der Waals surface area contributed by atoms with Gasteiger partial charge in [0.2, 0.25) is 0 Å². The summed E-state index contributed by atoms with van der Waals surface area (Å²) in [6, 6.07) is 5.07. The Morgan fingerprint density at radius 2 is 2.31 bits per heavy atom. The molecule has 1 rings (SSSR count). The van der Waals surface area contributed by atoms with Gasteiger partial charge in [0.15, 0.2) is 0 Å². The van der Waals surface area contributed by atoms with Crippen molar-refractivity contribution in [3.8, 4) is 6.07 Å². The molecule has 0 atom stereocenters. The van der Waals surface area contributed by atoms with Crippen molar-refractivity contribution in [2.45, 2.75) is 12.3 Å². The second-order valence-corrected chi connectivity index (χ2v) is 3.92. The number of rotatable bonds is 3. The van der Waals surface area contributed by atoms with Crippen LogP contribution in [-0.2, 0) is 10.1 Å². The first-order valence-corrected chi connectivity index (χ1v) is 6.09. The van der Waals surface area contributed by atoms with Crippen molar-refractivity contribution in [2.24, 2.45) is 0 Å². The first-order valence-electron chi connectivity index (χ1n) is 4.59. The summed E-state index contributed by atoms with van der Waals surface area (Å²) in [4.78, 5) is 11.5. The number of hydrogen-bond acceptors (Lipinski definition) is 3. The molecule has 0 aliphatic heterocycles. The second kappa shape index (κ2) is 5.88. The van der Waals surface area contributed by atoms with Crippen LogP contribution in [-0.4, -0.2) is 12.6 Å². The predicted molar refractivity (Wildman–Crippen MR) is 64.8 cm³/mol. The van der Waals surface area contributed by atoms with Gasteiger partial charge in [-0.25, -0.2) is 4.79 Å². The molecule has 0 spiro atoms.